The number of nitro groups is 1. The molecule has 0 atom stereocenters. The van der Waals surface area contributed by atoms with Crippen LogP contribution in [0, 0.1) is 10.1 Å². The molecule has 0 radical (unpaired) electrons. The number of rotatable bonds is 3. The van der Waals surface area contributed by atoms with E-state index in [0.717, 1.165) is 24.5 Å². The average molecular weight is 261 g/mol. The number of hydrogen-bond acceptors (Lipinski definition) is 7. The molecule has 9 heteroatoms. The molecule has 0 heterocycles. The lowest BCUT2D eigenvalue weighted by atomic mass is 10.2. The number of nitro benzene ring substituents is 1. The minimum atomic E-state index is -3.63. The normalized spacial score (nSPS) is 10.9. The highest BCUT2D eigenvalue weighted by atomic mass is 32.2. The zero-order valence-corrected chi connectivity index (χ0v) is 9.30. The van der Waals surface area contributed by atoms with Gasteiger partial charge < -0.3 is 0 Å². The van der Waals surface area contributed by atoms with E-state index in [2.05, 4.69) is 4.89 Å². The van der Waals surface area contributed by atoms with E-state index in [0.29, 0.717) is 0 Å². The third kappa shape index (κ3) is 2.77. The molecule has 0 aromatic heterocycles. The zero-order chi connectivity index (χ0) is 13.2. The van der Waals surface area contributed by atoms with Gasteiger partial charge in [-0.3, -0.25) is 15.0 Å². The second-order valence-electron chi connectivity index (χ2n) is 3.09. The van der Waals surface area contributed by atoms with Crippen molar-refractivity contribution in [2.45, 2.75) is 4.90 Å². The van der Waals surface area contributed by atoms with Crippen LogP contribution in [0.4, 0.5) is 5.69 Å². The predicted molar refractivity (Wildman–Crippen MR) is 54.3 cm³/mol. The molecule has 0 aliphatic carbocycles. The van der Waals surface area contributed by atoms with Gasteiger partial charge in [0.2, 0.25) is 0 Å². The summed E-state index contributed by atoms with van der Waals surface area (Å²) in [5.41, 5.74) is -1.29. The molecule has 0 saturated heterocycles. The van der Waals surface area contributed by atoms with Gasteiger partial charge in [0, 0.05) is 12.3 Å². The summed E-state index contributed by atoms with van der Waals surface area (Å²) in [5, 5.41) is 18.8. The van der Waals surface area contributed by atoms with Crippen LogP contribution in [0.5, 0.6) is 0 Å². The molecule has 0 unspecified atom stereocenters. The second kappa shape index (κ2) is 4.47. The Bertz CT molecular complexity index is 578. The Morgan fingerprint density at radius 3 is 2.47 bits per heavy atom. The van der Waals surface area contributed by atoms with Crippen LogP contribution in [-0.4, -0.2) is 30.8 Å². The summed E-state index contributed by atoms with van der Waals surface area (Å²) in [7, 11) is -3.63. The summed E-state index contributed by atoms with van der Waals surface area (Å²) >= 11 is 0. The Balaban J connectivity index is 3.48. The van der Waals surface area contributed by atoms with Crippen LogP contribution in [0.25, 0.3) is 0 Å². The van der Waals surface area contributed by atoms with E-state index in [-0.39, 0.29) is 4.90 Å². The Morgan fingerprint density at radius 2 is 2.06 bits per heavy atom. The van der Waals surface area contributed by atoms with Crippen molar-refractivity contribution in [2.75, 3.05) is 6.26 Å². The molecular formula is C8H7NO7S. The van der Waals surface area contributed by atoms with Gasteiger partial charge >= 0.3 is 5.97 Å². The monoisotopic (exact) mass is 261 g/mol. The maximum absolute atomic E-state index is 11.2. The topological polar surface area (TPSA) is 124 Å². The Kier molecular flexibility index (Phi) is 3.44. The molecule has 0 saturated carbocycles. The fraction of sp³-hybridized carbons (Fsp3) is 0.125. The minimum absolute atomic E-state index is 0.307. The first-order valence-corrected chi connectivity index (χ1v) is 6.00. The quantitative estimate of drug-likeness (QED) is 0.480. The van der Waals surface area contributed by atoms with Crippen molar-refractivity contribution in [3.05, 3.63) is 33.9 Å². The molecule has 0 aliphatic rings. The van der Waals surface area contributed by atoms with Gasteiger partial charge in [0.15, 0.2) is 9.84 Å². The zero-order valence-electron chi connectivity index (χ0n) is 8.48. The molecule has 0 amide bonds. The highest BCUT2D eigenvalue weighted by Gasteiger charge is 2.24. The van der Waals surface area contributed by atoms with Crippen molar-refractivity contribution in [1.82, 2.24) is 0 Å². The first-order chi connectivity index (χ1) is 7.77. The number of benzene rings is 1. The lowest BCUT2D eigenvalue weighted by Crippen LogP contribution is -2.07. The van der Waals surface area contributed by atoms with Gasteiger partial charge in [-0.1, -0.05) is 0 Å². The molecule has 0 aliphatic heterocycles. The van der Waals surface area contributed by atoms with Crippen LogP contribution in [0.1, 0.15) is 10.4 Å². The Labute approximate surface area is 95.4 Å². The third-order valence-electron chi connectivity index (χ3n) is 1.90. The van der Waals surface area contributed by atoms with Crippen molar-refractivity contribution in [3.63, 3.8) is 0 Å². The van der Waals surface area contributed by atoms with Crippen molar-refractivity contribution < 1.29 is 28.3 Å². The molecule has 0 fully saturated rings. The van der Waals surface area contributed by atoms with Gasteiger partial charge in [-0.25, -0.2) is 13.2 Å². The van der Waals surface area contributed by atoms with Gasteiger partial charge in [0.25, 0.3) is 5.69 Å². The van der Waals surface area contributed by atoms with E-state index in [1.165, 1.54) is 0 Å². The molecule has 0 bridgehead atoms. The van der Waals surface area contributed by atoms with Crippen LogP contribution < -0.4 is 0 Å². The molecule has 1 rings (SSSR count). The fourth-order valence-corrected chi connectivity index (χ4v) is 1.76. The highest BCUT2D eigenvalue weighted by molar-refractivity contribution is 7.90. The van der Waals surface area contributed by atoms with E-state index < -0.39 is 32.0 Å². The van der Waals surface area contributed by atoms with Gasteiger partial charge in [-0.2, -0.15) is 5.26 Å². The van der Waals surface area contributed by atoms with Gasteiger partial charge in [0.1, 0.15) is 5.56 Å². The van der Waals surface area contributed by atoms with E-state index in [4.69, 9.17) is 5.26 Å². The van der Waals surface area contributed by atoms with E-state index >= 15 is 0 Å². The first-order valence-electron chi connectivity index (χ1n) is 4.11. The maximum Gasteiger partial charge on any atom is 0.379 e. The number of hydrogen-bond donors (Lipinski definition) is 1. The van der Waals surface area contributed by atoms with Crippen molar-refractivity contribution in [3.8, 4) is 0 Å². The fourth-order valence-electron chi connectivity index (χ4n) is 1.11. The maximum atomic E-state index is 11.2. The van der Waals surface area contributed by atoms with E-state index in [1.54, 1.807) is 0 Å². The summed E-state index contributed by atoms with van der Waals surface area (Å²) in [5.74, 6) is -1.34. The molecule has 1 aromatic carbocycles. The molecule has 1 N–H and O–H groups in total. The van der Waals surface area contributed by atoms with Crippen LogP contribution in [0.2, 0.25) is 0 Å². The molecule has 17 heavy (non-hydrogen) atoms. The SMILES string of the molecule is CS(=O)(=O)c1ccc(C(=O)OO)c([N+](=O)[O-])c1. The number of carbonyl (C=O) groups is 1. The summed E-state index contributed by atoms with van der Waals surface area (Å²) in [6, 6.07) is 2.63. The lowest BCUT2D eigenvalue weighted by Gasteiger charge is -2.02. The average Bonchev–Trinajstić information content (AvgIpc) is 2.25. The van der Waals surface area contributed by atoms with Gasteiger partial charge in [-0.15, -0.1) is 0 Å². The smallest absolute Gasteiger partial charge is 0.295 e. The molecule has 92 valence electrons. The largest absolute Gasteiger partial charge is 0.379 e. The van der Waals surface area contributed by atoms with Crippen molar-refractivity contribution in [2.24, 2.45) is 0 Å². The number of carbonyl (C=O) groups excluding carboxylic acids is 1. The summed E-state index contributed by atoms with van der Waals surface area (Å²) in [6.45, 7) is 0. The van der Waals surface area contributed by atoms with Crippen LogP contribution in [0.15, 0.2) is 23.1 Å². The third-order valence-corrected chi connectivity index (χ3v) is 3.01. The van der Waals surface area contributed by atoms with Crippen LogP contribution in [0.3, 0.4) is 0 Å². The lowest BCUT2D eigenvalue weighted by molar-refractivity contribution is -0.385. The Morgan fingerprint density at radius 1 is 1.47 bits per heavy atom. The highest BCUT2D eigenvalue weighted by Crippen LogP contribution is 2.23. The van der Waals surface area contributed by atoms with E-state index in [1.807, 2.05) is 0 Å². The standard InChI is InChI=1S/C8H7NO7S/c1-17(14,15)5-2-3-6(8(10)16-13)7(4-5)9(11)12/h2-4,13H,1H3. The van der Waals surface area contributed by atoms with Crippen molar-refractivity contribution in [1.29, 1.82) is 0 Å². The molecular weight excluding hydrogens is 254 g/mol. The predicted octanol–water partition coefficient (Wildman–Crippen LogP) is 0.628. The van der Waals surface area contributed by atoms with Crippen molar-refractivity contribution >= 4 is 21.5 Å². The van der Waals surface area contributed by atoms with Gasteiger partial charge in [-0.05, 0) is 12.1 Å². The second-order valence-corrected chi connectivity index (χ2v) is 5.10. The molecule has 1 aromatic rings. The summed E-state index contributed by atoms with van der Waals surface area (Å²) in [6.07, 6.45) is 0.871. The molecule has 0 spiro atoms. The minimum Gasteiger partial charge on any atom is -0.295 e. The number of nitrogens with zero attached hydrogens (tertiary/aromatic N) is 1. The van der Waals surface area contributed by atoms with E-state index in [9.17, 15) is 23.3 Å². The number of sulfone groups is 1. The van der Waals surface area contributed by atoms with Crippen LogP contribution >= 0.6 is 0 Å². The van der Waals surface area contributed by atoms with Gasteiger partial charge in [0.05, 0.1) is 9.82 Å². The summed E-state index contributed by atoms with van der Waals surface area (Å²) in [4.78, 5) is 23.7. The molecule has 8 nitrogen and oxygen atoms in total. The summed E-state index contributed by atoms with van der Waals surface area (Å²) < 4.78 is 22.3. The van der Waals surface area contributed by atoms with Crippen LogP contribution in [-0.2, 0) is 14.7 Å². The first kappa shape index (κ1) is 13.1. The Hall–Kier alpha value is -2.00.